The Bertz CT molecular complexity index is 3750. The van der Waals surface area contributed by atoms with E-state index in [4.69, 9.17) is 9.40 Å². The number of aromatic nitrogens is 4. The molecule has 0 saturated carbocycles. The van der Waals surface area contributed by atoms with Crippen LogP contribution in [-0.2, 0) is 0 Å². The van der Waals surface area contributed by atoms with Crippen molar-refractivity contribution in [3.63, 3.8) is 0 Å². The smallest absolute Gasteiger partial charge is 0.135 e. The molecule has 0 unspecified atom stereocenters. The van der Waals surface area contributed by atoms with E-state index < -0.39 is 0 Å². The highest BCUT2D eigenvalue weighted by Gasteiger charge is 2.20. The minimum absolute atomic E-state index is 0.865. The molecule has 5 nitrogen and oxygen atoms in total. The normalized spacial score (nSPS) is 12.1. The molecule has 0 bridgehead atoms. The molecule has 0 N–H and O–H groups in total. The van der Waals surface area contributed by atoms with Gasteiger partial charge in [0.05, 0.1) is 38.6 Å². The first kappa shape index (κ1) is 31.3. The van der Waals surface area contributed by atoms with Crippen LogP contribution in [-0.4, -0.2) is 18.7 Å². The second kappa shape index (κ2) is 11.8. The minimum atomic E-state index is 0.865. The van der Waals surface area contributed by atoms with Crippen molar-refractivity contribution in [1.29, 1.82) is 0 Å². The number of fused-ring (bicyclic) bond motifs is 12. The standard InChI is InChI=1S/C53H32N4O/c1-2-12-34(13-3-1)55-45-19-8-5-15-39(45)52-37(17-10-21-48(52)55)33-23-26-47-41(30-33)38-14-4-7-18-44(38)56(47)35-24-27-50-42(31-35)43-32-36(25-28-51(43)58-50)57-46-20-9-6-16-40(46)53-49(57)22-11-29-54-53/h1-32H. The van der Waals surface area contributed by atoms with Crippen LogP contribution in [0.25, 0.3) is 116 Å². The van der Waals surface area contributed by atoms with Gasteiger partial charge in [0.25, 0.3) is 0 Å². The van der Waals surface area contributed by atoms with Gasteiger partial charge in [0.1, 0.15) is 11.2 Å². The van der Waals surface area contributed by atoms with Crippen molar-refractivity contribution in [3.05, 3.63) is 194 Å². The maximum absolute atomic E-state index is 6.47. The van der Waals surface area contributed by atoms with E-state index in [1.54, 1.807) is 0 Å². The highest BCUT2D eigenvalue weighted by Crippen LogP contribution is 2.42. The Kier molecular flexibility index (Phi) is 6.38. The Hall–Kier alpha value is -7.89. The van der Waals surface area contributed by atoms with Gasteiger partial charge in [0.2, 0.25) is 0 Å². The average molecular weight is 741 g/mol. The Morgan fingerprint density at radius 1 is 0.345 bits per heavy atom. The van der Waals surface area contributed by atoms with Crippen LogP contribution in [0.1, 0.15) is 0 Å². The van der Waals surface area contributed by atoms with Gasteiger partial charge in [-0.05, 0) is 108 Å². The maximum Gasteiger partial charge on any atom is 0.135 e. The monoisotopic (exact) mass is 740 g/mol. The fourth-order valence-electron chi connectivity index (χ4n) is 9.63. The molecule has 0 radical (unpaired) electrons. The minimum Gasteiger partial charge on any atom is -0.456 e. The molecule has 5 heteroatoms. The van der Waals surface area contributed by atoms with E-state index in [0.29, 0.717) is 0 Å². The van der Waals surface area contributed by atoms with Crippen molar-refractivity contribution < 1.29 is 4.42 Å². The van der Waals surface area contributed by atoms with E-state index >= 15 is 0 Å². The second-order valence-corrected chi connectivity index (χ2v) is 15.2. The summed E-state index contributed by atoms with van der Waals surface area (Å²) in [6.45, 7) is 0. The third-order valence-electron chi connectivity index (χ3n) is 12.1. The lowest BCUT2D eigenvalue weighted by molar-refractivity contribution is 0.669. The molecule has 0 spiro atoms. The van der Waals surface area contributed by atoms with Gasteiger partial charge in [-0.2, -0.15) is 0 Å². The van der Waals surface area contributed by atoms with Gasteiger partial charge in [0.15, 0.2) is 0 Å². The molecule has 0 aliphatic heterocycles. The molecular weight excluding hydrogens is 709 g/mol. The SMILES string of the molecule is c1ccc(-n2c3ccccc3c3c(-c4ccc5c(c4)c4ccccc4n5-c4ccc5oc6ccc(-n7c8ccccc8c8ncccc87)cc6c5c4)cccc32)cc1. The van der Waals surface area contributed by atoms with Gasteiger partial charge in [-0.1, -0.05) is 91.0 Å². The van der Waals surface area contributed by atoms with Crippen LogP contribution in [0.15, 0.2) is 199 Å². The number of hydrogen-bond acceptors (Lipinski definition) is 2. The topological polar surface area (TPSA) is 40.8 Å². The summed E-state index contributed by atoms with van der Waals surface area (Å²) in [7, 11) is 0. The van der Waals surface area contributed by atoms with Crippen LogP contribution in [0.3, 0.4) is 0 Å². The predicted octanol–water partition coefficient (Wildman–Crippen LogP) is 13.9. The lowest BCUT2D eigenvalue weighted by Gasteiger charge is -2.10. The number of nitrogens with zero attached hydrogens (tertiary/aromatic N) is 4. The molecule has 13 aromatic rings. The van der Waals surface area contributed by atoms with Crippen molar-refractivity contribution >= 4 is 87.5 Å². The number of hydrogen-bond donors (Lipinski definition) is 0. The molecule has 0 atom stereocenters. The molecule has 0 aliphatic carbocycles. The lowest BCUT2D eigenvalue weighted by Crippen LogP contribution is -1.94. The average Bonchev–Trinajstić information content (AvgIpc) is 4.02. The number of furan rings is 1. The van der Waals surface area contributed by atoms with Crippen molar-refractivity contribution in [3.8, 4) is 28.2 Å². The zero-order valence-electron chi connectivity index (χ0n) is 31.2. The second-order valence-electron chi connectivity index (χ2n) is 15.2. The summed E-state index contributed by atoms with van der Waals surface area (Å²) in [5.74, 6) is 0. The van der Waals surface area contributed by atoms with Crippen molar-refractivity contribution in [1.82, 2.24) is 18.7 Å². The number of para-hydroxylation sites is 4. The molecule has 58 heavy (non-hydrogen) atoms. The zero-order chi connectivity index (χ0) is 37.9. The van der Waals surface area contributed by atoms with Gasteiger partial charge < -0.3 is 18.1 Å². The van der Waals surface area contributed by atoms with E-state index in [2.05, 4.69) is 196 Å². The molecule has 8 aromatic carbocycles. The molecule has 270 valence electrons. The molecule has 0 aliphatic rings. The molecule has 13 rings (SSSR count). The van der Waals surface area contributed by atoms with Crippen molar-refractivity contribution in [2.24, 2.45) is 0 Å². The van der Waals surface area contributed by atoms with Gasteiger partial charge in [-0.25, -0.2) is 0 Å². The van der Waals surface area contributed by atoms with Gasteiger partial charge >= 0.3 is 0 Å². The van der Waals surface area contributed by atoms with E-state index in [9.17, 15) is 0 Å². The van der Waals surface area contributed by atoms with E-state index in [1.165, 1.54) is 49.2 Å². The van der Waals surface area contributed by atoms with Gasteiger partial charge in [-0.3, -0.25) is 4.98 Å². The van der Waals surface area contributed by atoms with Crippen LogP contribution in [0, 0.1) is 0 Å². The molecule has 0 fully saturated rings. The summed E-state index contributed by atoms with van der Waals surface area (Å²) >= 11 is 0. The summed E-state index contributed by atoms with van der Waals surface area (Å²) in [4.78, 5) is 4.76. The van der Waals surface area contributed by atoms with Crippen molar-refractivity contribution in [2.75, 3.05) is 0 Å². The Morgan fingerprint density at radius 3 is 1.67 bits per heavy atom. The highest BCUT2D eigenvalue weighted by molar-refractivity contribution is 6.18. The Balaban J connectivity index is 1.00. The largest absolute Gasteiger partial charge is 0.456 e. The summed E-state index contributed by atoms with van der Waals surface area (Å²) in [5.41, 5.74) is 15.4. The highest BCUT2D eigenvalue weighted by atomic mass is 16.3. The summed E-state index contributed by atoms with van der Waals surface area (Å²) in [6, 6.07) is 67.6. The first-order valence-corrected chi connectivity index (χ1v) is 19.7. The van der Waals surface area contributed by atoms with E-state index in [-0.39, 0.29) is 0 Å². The molecule has 5 heterocycles. The maximum atomic E-state index is 6.47. The van der Waals surface area contributed by atoms with Crippen molar-refractivity contribution in [2.45, 2.75) is 0 Å². The summed E-state index contributed by atoms with van der Waals surface area (Å²) in [6.07, 6.45) is 1.87. The van der Waals surface area contributed by atoms with Crippen LogP contribution in [0.5, 0.6) is 0 Å². The number of benzene rings is 8. The van der Waals surface area contributed by atoms with Gasteiger partial charge in [-0.15, -0.1) is 0 Å². The van der Waals surface area contributed by atoms with Crippen LogP contribution in [0.4, 0.5) is 0 Å². The summed E-state index contributed by atoms with van der Waals surface area (Å²) in [5, 5.41) is 8.25. The third kappa shape index (κ3) is 4.33. The Morgan fingerprint density at radius 2 is 0.914 bits per heavy atom. The van der Waals surface area contributed by atoms with E-state index in [0.717, 1.165) is 66.5 Å². The van der Waals surface area contributed by atoms with Crippen LogP contribution in [0.2, 0.25) is 0 Å². The first-order valence-electron chi connectivity index (χ1n) is 19.7. The fourth-order valence-corrected chi connectivity index (χ4v) is 9.63. The molecule has 0 amide bonds. The number of pyridine rings is 1. The first-order chi connectivity index (χ1) is 28.8. The lowest BCUT2D eigenvalue weighted by atomic mass is 9.98. The number of rotatable bonds is 4. The van der Waals surface area contributed by atoms with Crippen LogP contribution >= 0.6 is 0 Å². The summed E-state index contributed by atoms with van der Waals surface area (Å²) < 4.78 is 13.6. The molecular formula is C53H32N4O. The quantitative estimate of drug-likeness (QED) is 0.180. The van der Waals surface area contributed by atoms with Crippen LogP contribution < -0.4 is 0 Å². The molecule has 0 saturated heterocycles. The zero-order valence-corrected chi connectivity index (χ0v) is 31.2. The Labute approximate surface area is 331 Å². The fraction of sp³-hybridized carbons (Fsp3) is 0. The van der Waals surface area contributed by atoms with E-state index in [1.807, 2.05) is 12.3 Å². The third-order valence-corrected chi connectivity index (χ3v) is 12.1. The predicted molar refractivity (Wildman–Crippen MR) is 240 cm³/mol. The van der Waals surface area contributed by atoms with Gasteiger partial charge in [0, 0.05) is 61.0 Å². The molecule has 5 aromatic heterocycles.